The summed E-state index contributed by atoms with van der Waals surface area (Å²) in [4.78, 5) is 17.7. The van der Waals surface area contributed by atoms with E-state index in [-0.39, 0.29) is 0 Å². The molecule has 1 aliphatic rings. The number of rotatable bonds is 4. The zero-order valence-electron chi connectivity index (χ0n) is 16.7. The molecule has 3 heterocycles. The second-order valence-corrected chi connectivity index (χ2v) is 7.57. The molecule has 1 aliphatic heterocycles. The lowest BCUT2D eigenvalue weighted by atomic mass is 9.77. The summed E-state index contributed by atoms with van der Waals surface area (Å²) < 4.78 is 5.35. The molecule has 0 saturated heterocycles. The molecular formula is C24H18ClN5O. The Morgan fingerprint density at radius 3 is 2.52 bits per heavy atom. The van der Waals surface area contributed by atoms with Gasteiger partial charge in [-0.05, 0) is 41.0 Å². The minimum absolute atomic E-state index is 0.385. The molecule has 152 valence electrons. The zero-order valence-corrected chi connectivity index (χ0v) is 17.4. The highest BCUT2D eigenvalue weighted by molar-refractivity contribution is 6.32. The Balaban J connectivity index is 1.79. The van der Waals surface area contributed by atoms with E-state index < -0.39 is 5.54 Å². The number of methoxy groups -OCH3 is 1. The van der Waals surface area contributed by atoms with Crippen molar-refractivity contribution in [1.29, 1.82) is 0 Å². The lowest BCUT2D eigenvalue weighted by Crippen LogP contribution is -2.25. The SMILES string of the molecule is COc1ccc(C2(c3cccc(-c4cncnc4)c3)N=C(N)c3ncccc32)cc1Cl. The molecule has 5 rings (SSSR count). The van der Waals surface area contributed by atoms with Crippen LogP contribution in [0.2, 0.25) is 5.02 Å². The van der Waals surface area contributed by atoms with Crippen molar-refractivity contribution in [3.8, 4) is 16.9 Å². The van der Waals surface area contributed by atoms with Crippen molar-refractivity contribution in [3.63, 3.8) is 0 Å². The van der Waals surface area contributed by atoms with Crippen LogP contribution in [0.1, 0.15) is 22.4 Å². The van der Waals surface area contributed by atoms with E-state index in [4.69, 9.17) is 27.1 Å². The van der Waals surface area contributed by atoms with Gasteiger partial charge in [0.2, 0.25) is 0 Å². The van der Waals surface area contributed by atoms with Gasteiger partial charge in [0.05, 0.1) is 12.1 Å². The van der Waals surface area contributed by atoms with Gasteiger partial charge in [0.15, 0.2) is 0 Å². The van der Waals surface area contributed by atoms with Gasteiger partial charge in [-0.1, -0.05) is 41.9 Å². The first-order chi connectivity index (χ1) is 15.1. The van der Waals surface area contributed by atoms with Gasteiger partial charge in [-0.25, -0.2) is 15.0 Å². The molecule has 1 atom stereocenters. The van der Waals surface area contributed by atoms with Gasteiger partial charge in [-0.3, -0.25) is 4.98 Å². The van der Waals surface area contributed by atoms with E-state index in [1.807, 2.05) is 48.5 Å². The molecule has 0 aliphatic carbocycles. The maximum absolute atomic E-state index is 6.51. The summed E-state index contributed by atoms with van der Waals surface area (Å²) in [6.45, 7) is 0. The Bertz CT molecular complexity index is 1310. The first-order valence-electron chi connectivity index (χ1n) is 9.64. The molecule has 0 amide bonds. The van der Waals surface area contributed by atoms with Crippen molar-refractivity contribution in [1.82, 2.24) is 15.0 Å². The molecule has 7 heteroatoms. The Kier molecular flexibility index (Phi) is 4.64. The first kappa shape index (κ1) is 19.2. The molecule has 2 aromatic heterocycles. The number of nitrogens with two attached hydrogens (primary N) is 1. The van der Waals surface area contributed by atoms with E-state index in [1.54, 1.807) is 25.7 Å². The standard InChI is InChI=1S/C24H18ClN5O/c1-31-21-8-7-18(11-20(21)25)24(19-6-3-9-29-22(19)23(26)30-24)17-5-2-4-15(10-17)16-12-27-14-28-13-16/h2-14H,1H3,(H2,26,30). The van der Waals surface area contributed by atoms with E-state index in [2.05, 4.69) is 21.0 Å². The topological polar surface area (TPSA) is 86.3 Å². The Morgan fingerprint density at radius 2 is 1.74 bits per heavy atom. The van der Waals surface area contributed by atoms with E-state index in [9.17, 15) is 0 Å². The molecule has 6 nitrogen and oxygen atoms in total. The third-order valence-corrected chi connectivity index (χ3v) is 5.77. The van der Waals surface area contributed by atoms with Crippen molar-refractivity contribution in [2.45, 2.75) is 5.54 Å². The number of ether oxygens (including phenoxy) is 1. The molecule has 0 radical (unpaired) electrons. The van der Waals surface area contributed by atoms with Crippen molar-refractivity contribution in [2.24, 2.45) is 10.7 Å². The highest BCUT2D eigenvalue weighted by Crippen LogP contribution is 2.47. The molecule has 0 saturated carbocycles. The van der Waals surface area contributed by atoms with E-state index in [0.717, 1.165) is 27.8 Å². The molecule has 31 heavy (non-hydrogen) atoms. The maximum atomic E-state index is 6.51. The van der Waals surface area contributed by atoms with Gasteiger partial charge < -0.3 is 10.5 Å². The number of aromatic nitrogens is 3. The van der Waals surface area contributed by atoms with Crippen LogP contribution in [0.15, 0.2) is 84.5 Å². The molecule has 4 aromatic rings. The minimum atomic E-state index is -0.894. The minimum Gasteiger partial charge on any atom is -0.495 e. The summed E-state index contributed by atoms with van der Waals surface area (Å²) in [5.74, 6) is 0.980. The number of benzene rings is 2. The normalized spacial score (nSPS) is 17.2. The number of fused-ring (bicyclic) bond motifs is 1. The molecule has 0 spiro atoms. The van der Waals surface area contributed by atoms with Crippen LogP contribution in [0.3, 0.4) is 0 Å². The fraction of sp³-hybridized carbons (Fsp3) is 0.0833. The second kappa shape index (κ2) is 7.49. The number of hydrogen-bond acceptors (Lipinski definition) is 6. The molecule has 2 N–H and O–H groups in total. The Labute approximate surface area is 184 Å². The van der Waals surface area contributed by atoms with Crippen LogP contribution in [-0.2, 0) is 5.54 Å². The lowest BCUT2D eigenvalue weighted by Gasteiger charge is -2.29. The van der Waals surface area contributed by atoms with Gasteiger partial charge in [0.1, 0.15) is 29.1 Å². The number of nitrogens with zero attached hydrogens (tertiary/aromatic N) is 4. The molecule has 1 unspecified atom stereocenters. The van der Waals surface area contributed by atoms with Crippen molar-refractivity contribution in [3.05, 3.63) is 107 Å². The summed E-state index contributed by atoms with van der Waals surface area (Å²) in [5, 5.41) is 0.498. The number of halogens is 1. The summed E-state index contributed by atoms with van der Waals surface area (Å²) in [5.41, 5.74) is 10.7. The van der Waals surface area contributed by atoms with Gasteiger partial charge in [-0.2, -0.15) is 0 Å². The zero-order chi connectivity index (χ0) is 21.4. The fourth-order valence-electron chi connectivity index (χ4n) is 4.07. The smallest absolute Gasteiger partial charge is 0.146 e. The largest absolute Gasteiger partial charge is 0.495 e. The van der Waals surface area contributed by atoms with Crippen LogP contribution in [0.4, 0.5) is 0 Å². The van der Waals surface area contributed by atoms with E-state index in [1.165, 1.54) is 6.33 Å². The van der Waals surface area contributed by atoms with Crippen molar-refractivity contribution >= 4 is 17.4 Å². The van der Waals surface area contributed by atoms with Crippen LogP contribution >= 0.6 is 11.6 Å². The fourth-order valence-corrected chi connectivity index (χ4v) is 4.32. The number of pyridine rings is 1. The summed E-state index contributed by atoms with van der Waals surface area (Å²) in [6, 6.07) is 17.7. The van der Waals surface area contributed by atoms with Crippen LogP contribution in [0, 0.1) is 0 Å². The highest BCUT2D eigenvalue weighted by atomic mass is 35.5. The quantitative estimate of drug-likeness (QED) is 0.527. The second-order valence-electron chi connectivity index (χ2n) is 7.16. The highest BCUT2D eigenvalue weighted by Gasteiger charge is 2.44. The van der Waals surface area contributed by atoms with Crippen molar-refractivity contribution < 1.29 is 4.74 Å². The van der Waals surface area contributed by atoms with Crippen LogP contribution < -0.4 is 10.5 Å². The molecule has 0 fully saturated rings. The Morgan fingerprint density at radius 1 is 0.935 bits per heavy atom. The predicted octanol–water partition coefficient (Wildman–Crippen LogP) is 4.21. The third-order valence-electron chi connectivity index (χ3n) is 5.47. The lowest BCUT2D eigenvalue weighted by molar-refractivity contribution is 0.414. The molecular weight excluding hydrogens is 410 g/mol. The third kappa shape index (κ3) is 3.04. The maximum Gasteiger partial charge on any atom is 0.146 e. The van der Waals surface area contributed by atoms with Crippen LogP contribution in [-0.4, -0.2) is 27.9 Å². The van der Waals surface area contributed by atoms with Gasteiger partial charge >= 0.3 is 0 Å². The number of aliphatic imine (C=N–C) groups is 1. The monoisotopic (exact) mass is 427 g/mol. The summed E-state index contributed by atoms with van der Waals surface area (Å²) >= 11 is 6.51. The van der Waals surface area contributed by atoms with Crippen LogP contribution in [0.5, 0.6) is 5.75 Å². The van der Waals surface area contributed by atoms with Crippen molar-refractivity contribution in [2.75, 3.05) is 7.11 Å². The van der Waals surface area contributed by atoms with Gasteiger partial charge in [0, 0.05) is 29.7 Å². The number of hydrogen-bond donors (Lipinski definition) is 1. The average molecular weight is 428 g/mol. The summed E-state index contributed by atoms with van der Waals surface area (Å²) in [6.07, 6.45) is 6.80. The van der Waals surface area contributed by atoms with Crippen LogP contribution in [0.25, 0.3) is 11.1 Å². The number of amidine groups is 1. The van der Waals surface area contributed by atoms with Gasteiger partial charge in [-0.15, -0.1) is 0 Å². The summed E-state index contributed by atoms with van der Waals surface area (Å²) in [7, 11) is 1.59. The first-order valence-corrected chi connectivity index (χ1v) is 10.0. The average Bonchev–Trinajstić information content (AvgIpc) is 3.13. The predicted molar refractivity (Wildman–Crippen MR) is 120 cm³/mol. The van der Waals surface area contributed by atoms with E-state index >= 15 is 0 Å². The van der Waals surface area contributed by atoms with E-state index in [0.29, 0.717) is 22.3 Å². The molecule has 2 aromatic carbocycles. The van der Waals surface area contributed by atoms with Gasteiger partial charge in [0.25, 0.3) is 0 Å². The molecule has 0 bridgehead atoms. The Hall–Kier alpha value is -3.77.